The third-order valence-corrected chi connectivity index (χ3v) is 7.19. The van der Waals surface area contributed by atoms with Crippen LogP contribution in [-0.2, 0) is 6.42 Å². The lowest BCUT2D eigenvalue weighted by atomic mass is 10.1. The Morgan fingerprint density at radius 1 is 0.893 bits per heavy atom. The van der Waals surface area contributed by atoms with Crippen molar-refractivity contribution < 1.29 is 8.78 Å². The fourth-order valence-corrected chi connectivity index (χ4v) is 5.77. The fourth-order valence-electron chi connectivity index (χ4n) is 3.31. The Hall–Kier alpha value is -2.11. The molecular formula is C23H21F2NS2. The minimum atomic E-state index is -0.593. The first-order chi connectivity index (χ1) is 13.6. The lowest BCUT2D eigenvalue weighted by Gasteiger charge is -2.05. The molecule has 0 radical (unpaired) electrons. The predicted octanol–water partition coefficient (Wildman–Crippen LogP) is 8.09. The Morgan fingerprint density at radius 2 is 1.75 bits per heavy atom. The van der Waals surface area contributed by atoms with Crippen molar-refractivity contribution in [3.8, 4) is 21.7 Å². The number of hydrogen-bond acceptors (Lipinski definition) is 3. The molecule has 28 heavy (non-hydrogen) atoms. The first-order valence-electron chi connectivity index (χ1n) is 9.58. The van der Waals surface area contributed by atoms with Gasteiger partial charge >= 0.3 is 0 Å². The van der Waals surface area contributed by atoms with Crippen LogP contribution in [0, 0.1) is 11.6 Å². The van der Waals surface area contributed by atoms with Crippen molar-refractivity contribution in [3.63, 3.8) is 0 Å². The molecule has 0 N–H and O–H groups in total. The normalized spacial score (nSPS) is 11.4. The van der Waals surface area contributed by atoms with Crippen molar-refractivity contribution in [2.75, 3.05) is 0 Å². The van der Waals surface area contributed by atoms with E-state index < -0.39 is 11.6 Å². The fraction of sp³-hybridized carbons (Fsp3) is 0.261. The van der Waals surface area contributed by atoms with Gasteiger partial charge in [0.05, 0.1) is 5.69 Å². The lowest BCUT2D eigenvalue weighted by molar-refractivity contribution is 0.585. The van der Waals surface area contributed by atoms with Gasteiger partial charge in [0.1, 0.15) is 11.6 Å². The van der Waals surface area contributed by atoms with E-state index >= 15 is 0 Å². The molecule has 144 valence electrons. The van der Waals surface area contributed by atoms with Crippen LogP contribution in [0.3, 0.4) is 0 Å². The number of unbranched alkanes of at least 4 members (excludes halogenated alkanes) is 3. The topological polar surface area (TPSA) is 12.9 Å². The van der Waals surface area contributed by atoms with Crippen molar-refractivity contribution in [1.29, 1.82) is 0 Å². The van der Waals surface area contributed by atoms with E-state index in [0.29, 0.717) is 11.3 Å². The summed E-state index contributed by atoms with van der Waals surface area (Å²) in [5.74, 6) is -1.18. The molecule has 0 atom stereocenters. The van der Waals surface area contributed by atoms with Crippen LogP contribution in [-0.4, -0.2) is 4.98 Å². The highest BCUT2D eigenvalue weighted by Gasteiger charge is 2.12. The molecule has 3 aromatic heterocycles. The summed E-state index contributed by atoms with van der Waals surface area (Å²) in [7, 11) is 0. The smallest absolute Gasteiger partial charge is 0.135 e. The average molecular weight is 414 g/mol. The van der Waals surface area contributed by atoms with Crippen LogP contribution in [0.15, 0.2) is 48.7 Å². The van der Waals surface area contributed by atoms with E-state index in [1.807, 2.05) is 23.5 Å². The summed E-state index contributed by atoms with van der Waals surface area (Å²) < 4.78 is 29.9. The third-order valence-electron chi connectivity index (χ3n) is 4.79. The zero-order chi connectivity index (χ0) is 19.5. The Labute approximate surface area is 171 Å². The van der Waals surface area contributed by atoms with Gasteiger partial charge in [-0.1, -0.05) is 26.2 Å². The number of pyridine rings is 1. The van der Waals surface area contributed by atoms with Gasteiger partial charge in [-0.25, -0.2) is 8.78 Å². The van der Waals surface area contributed by atoms with Crippen LogP contribution < -0.4 is 0 Å². The second-order valence-electron chi connectivity index (χ2n) is 6.92. The second kappa shape index (κ2) is 8.50. The van der Waals surface area contributed by atoms with Crippen molar-refractivity contribution in [2.24, 2.45) is 0 Å². The Morgan fingerprint density at radius 3 is 2.54 bits per heavy atom. The molecule has 0 amide bonds. The summed E-state index contributed by atoms with van der Waals surface area (Å²) in [6, 6.07) is 11.9. The molecule has 0 bridgehead atoms. The number of halogens is 2. The molecule has 1 aromatic carbocycles. The van der Waals surface area contributed by atoms with Gasteiger partial charge in [0, 0.05) is 37.0 Å². The number of nitrogens with zero attached hydrogens (tertiary/aromatic N) is 1. The van der Waals surface area contributed by atoms with Gasteiger partial charge in [-0.05, 0) is 54.8 Å². The molecule has 0 aliphatic heterocycles. The van der Waals surface area contributed by atoms with Gasteiger partial charge in [-0.2, -0.15) is 0 Å². The highest BCUT2D eigenvalue weighted by atomic mass is 32.1. The summed E-state index contributed by atoms with van der Waals surface area (Å²) in [4.78, 5) is 6.87. The quantitative estimate of drug-likeness (QED) is 0.279. The van der Waals surface area contributed by atoms with Crippen LogP contribution in [0.1, 0.15) is 37.5 Å². The molecule has 0 saturated heterocycles. The molecule has 5 heteroatoms. The minimum Gasteiger partial charge on any atom is -0.256 e. The zero-order valence-corrected chi connectivity index (χ0v) is 17.3. The molecule has 3 heterocycles. The van der Waals surface area contributed by atoms with Gasteiger partial charge in [0.2, 0.25) is 0 Å². The van der Waals surface area contributed by atoms with E-state index in [2.05, 4.69) is 24.0 Å². The van der Waals surface area contributed by atoms with E-state index in [1.54, 1.807) is 17.5 Å². The second-order valence-corrected chi connectivity index (χ2v) is 9.17. The monoisotopic (exact) mass is 413 g/mol. The molecule has 0 spiro atoms. The Kier molecular flexibility index (Phi) is 5.83. The van der Waals surface area contributed by atoms with E-state index in [4.69, 9.17) is 0 Å². The van der Waals surface area contributed by atoms with Crippen molar-refractivity contribution >= 4 is 32.1 Å². The summed E-state index contributed by atoms with van der Waals surface area (Å²) >= 11 is 3.62. The van der Waals surface area contributed by atoms with Gasteiger partial charge < -0.3 is 0 Å². The third kappa shape index (κ3) is 4.15. The molecular weight excluding hydrogens is 392 g/mol. The standard InChI is InChI=1S/C23H21F2NS2/c1-2-3-4-5-6-17-13-22-23(27-17)14-21(28-22)15-9-10-26-20(11-15)18-8-7-16(24)12-19(18)25/h7-14H,2-6H2,1H3. The van der Waals surface area contributed by atoms with Gasteiger partial charge in [-0.3, -0.25) is 4.98 Å². The number of hydrogen-bond donors (Lipinski definition) is 0. The largest absolute Gasteiger partial charge is 0.256 e. The van der Waals surface area contributed by atoms with Crippen molar-refractivity contribution in [1.82, 2.24) is 4.98 Å². The molecule has 0 aliphatic rings. The summed E-state index contributed by atoms with van der Waals surface area (Å²) in [6.45, 7) is 2.23. The van der Waals surface area contributed by atoms with Crippen LogP contribution >= 0.6 is 22.7 Å². The summed E-state index contributed by atoms with van der Waals surface area (Å²) in [5, 5.41) is 0. The average Bonchev–Trinajstić information content (AvgIpc) is 3.24. The zero-order valence-electron chi connectivity index (χ0n) is 15.7. The number of benzene rings is 1. The summed E-state index contributed by atoms with van der Waals surface area (Å²) in [6.07, 6.45) is 7.96. The Bertz CT molecular complexity index is 1070. The maximum atomic E-state index is 14.1. The van der Waals surface area contributed by atoms with E-state index in [1.165, 1.54) is 52.1 Å². The maximum absolute atomic E-state index is 14.1. The predicted molar refractivity (Wildman–Crippen MR) is 116 cm³/mol. The van der Waals surface area contributed by atoms with Crippen LogP contribution in [0.4, 0.5) is 8.78 Å². The number of aromatic nitrogens is 1. The molecule has 0 aliphatic carbocycles. The van der Waals surface area contributed by atoms with Crippen LogP contribution in [0.2, 0.25) is 0 Å². The molecule has 1 nitrogen and oxygen atoms in total. The number of rotatable bonds is 7. The number of aryl methyl sites for hydroxylation is 1. The first-order valence-corrected chi connectivity index (χ1v) is 11.2. The number of thiophene rings is 2. The van der Waals surface area contributed by atoms with Crippen LogP contribution in [0.25, 0.3) is 31.1 Å². The first kappa shape index (κ1) is 19.2. The van der Waals surface area contributed by atoms with Crippen LogP contribution in [0.5, 0.6) is 0 Å². The molecule has 4 rings (SSSR count). The molecule has 4 aromatic rings. The summed E-state index contributed by atoms with van der Waals surface area (Å²) in [5.41, 5.74) is 1.84. The maximum Gasteiger partial charge on any atom is 0.135 e. The van der Waals surface area contributed by atoms with E-state index in [0.717, 1.165) is 22.9 Å². The van der Waals surface area contributed by atoms with Gasteiger partial charge in [0.25, 0.3) is 0 Å². The van der Waals surface area contributed by atoms with Crippen molar-refractivity contribution in [3.05, 3.63) is 65.2 Å². The molecule has 0 unspecified atom stereocenters. The van der Waals surface area contributed by atoms with Gasteiger partial charge in [0.15, 0.2) is 0 Å². The molecule has 0 saturated carbocycles. The minimum absolute atomic E-state index is 0.316. The Balaban J connectivity index is 1.57. The van der Waals surface area contributed by atoms with Gasteiger partial charge in [-0.15, -0.1) is 22.7 Å². The van der Waals surface area contributed by atoms with Crippen molar-refractivity contribution in [2.45, 2.75) is 39.0 Å². The highest BCUT2D eigenvalue weighted by molar-refractivity contribution is 7.29. The highest BCUT2D eigenvalue weighted by Crippen LogP contribution is 2.39. The lowest BCUT2D eigenvalue weighted by Crippen LogP contribution is -1.89. The van der Waals surface area contributed by atoms with E-state index in [9.17, 15) is 8.78 Å². The molecule has 0 fully saturated rings. The number of fused-ring (bicyclic) bond motifs is 1. The SMILES string of the molecule is CCCCCCc1cc2sc(-c3ccnc(-c4ccc(F)cc4F)c3)cc2s1. The van der Waals surface area contributed by atoms with E-state index in [-0.39, 0.29) is 0 Å².